The molecule has 0 saturated carbocycles. The third-order valence-corrected chi connectivity index (χ3v) is 4.91. The van der Waals surface area contributed by atoms with Gasteiger partial charge in [-0.15, -0.1) is 0 Å². The van der Waals surface area contributed by atoms with Gasteiger partial charge in [-0.05, 0) is 24.3 Å². The molecule has 2 amide bonds. The Morgan fingerprint density at radius 3 is 2.61 bits per heavy atom. The van der Waals surface area contributed by atoms with E-state index in [0.717, 1.165) is 11.3 Å². The molecule has 2 aromatic carbocycles. The lowest BCUT2D eigenvalue weighted by molar-refractivity contribution is -0.129. The number of ether oxygens (including phenoxy) is 2. The minimum absolute atomic E-state index is 0.0615. The maximum atomic E-state index is 12.6. The van der Waals surface area contributed by atoms with Crippen molar-refractivity contribution in [1.82, 2.24) is 10.3 Å². The lowest BCUT2D eigenvalue weighted by atomic mass is 10.1. The average Bonchev–Trinajstić information content (AvgIpc) is 3.13. The molecule has 1 fully saturated rings. The van der Waals surface area contributed by atoms with Crippen molar-refractivity contribution in [3.8, 4) is 11.5 Å². The molecule has 1 atom stereocenters. The summed E-state index contributed by atoms with van der Waals surface area (Å²) in [5, 5.41) is 6.33. The fourth-order valence-corrected chi connectivity index (χ4v) is 3.26. The SMILES string of the molecule is COc1ccc(CNC(=O)C2CC(=O)N(N(C)c3ccccc3)C2)c(OC)c1. The number of para-hydroxylation sites is 1. The van der Waals surface area contributed by atoms with Gasteiger partial charge in [0.25, 0.3) is 0 Å². The van der Waals surface area contributed by atoms with Crippen molar-refractivity contribution < 1.29 is 19.1 Å². The molecule has 7 nitrogen and oxygen atoms in total. The Morgan fingerprint density at radius 1 is 1.18 bits per heavy atom. The van der Waals surface area contributed by atoms with Gasteiger partial charge in [0.1, 0.15) is 11.5 Å². The summed E-state index contributed by atoms with van der Waals surface area (Å²) in [4.78, 5) is 25.0. The molecule has 28 heavy (non-hydrogen) atoms. The van der Waals surface area contributed by atoms with Crippen LogP contribution < -0.4 is 19.8 Å². The second-order valence-electron chi connectivity index (χ2n) is 6.63. The van der Waals surface area contributed by atoms with Crippen molar-refractivity contribution in [3.63, 3.8) is 0 Å². The zero-order chi connectivity index (χ0) is 20.1. The quantitative estimate of drug-likeness (QED) is 0.794. The van der Waals surface area contributed by atoms with Gasteiger partial charge in [0.05, 0.1) is 32.4 Å². The van der Waals surface area contributed by atoms with Gasteiger partial charge < -0.3 is 14.8 Å². The van der Waals surface area contributed by atoms with Crippen LogP contribution in [0.3, 0.4) is 0 Å². The Bertz CT molecular complexity index is 841. The number of carbonyl (C=O) groups excluding carboxylic acids is 2. The summed E-state index contributed by atoms with van der Waals surface area (Å²) in [6.45, 7) is 0.682. The summed E-state index contributed by atoms with van der Waals surface area (Å²) in [5.41, 5.74) is 1.75. The van der Waals surface area contributed by atoms with Crippen LogP contribution in [0.5, 0.6) is 11.5 Å². The first-order valence-electron chi connectivity index (χ1n) is 9.11. The van der Waals surface area contributed by atoms with E-state index >= 15 is 0 Å². The summed E-state index contributed by atoms with van der Waals surface area (Å²) in [6.07, 6.45) is 0.197. The van der Waals surface area contributed by atoms with E-state index in [1.165, 1.54) is 0 Å². The van der Waals surface area contributed by atoms with Crippen LogP contribution >= 0.6 is 0 Å². The van der Waals surface area contributed by atoms with Crippen molar-refractivity contribution in [2.24, 2.45) is 5.92 Å². The van der Waals surface area contributed by atoms with Crippen molar-refractivity contribution in [3.05, 3.63) is 54.1 Å². The van der Waals surface area contributed by atoms with Crippen molar-refractivity contribution >= 4 is 17.5 Å². The highest BCUT2D eigenvalue weighted by Gasteiger charge is 2.36. The van der Waals surface area contributed by atoms with Gasteiger partial charge in [-0.25, -0.2) is 0 Å². The second-order valence-corrected chi connectivity index (χ2v) is 6.63. The largest absolute Gasteiger partial charge is 0.497 e. The maximum absolute atomic E-state index is 12.6. The van der Waals surface area contributed by atoms with E-state index < -0.39 is 0 Å². The highest BCUT2D eigenvalue weighted by molar-refractivity contribution is 5.90. The van der Waals surface area contributed by atoms with E-state index in [-0.39, 0.29) is 24.2 Å². The molecule has 1 heterocycles. The molecular formula is C21H25N3O4. The number of nitrogens with one attached hydrogen (secondary N) is 1. The fourth-order valence-electron chi connectivity index (χ4n) is 3.26. The van der Waals surface area contributed by atoms with Gasteiger partial charge in [0, 0.05) is 31.6 Å². The third-order valence-electron chi connectivity index (χ3n) is 4.91. The summed E-state index contributed by atoms with van der Waals surface area (Å²) in [7, 11) is 4.99. The molecule has 0 radical (unpaired) electrons. The smallest absolute Gasteiger partial charge is 0.241 e. The Labute approximate surface area is 164 Å². The normalized spacial score (nSPS) is 16.0. The first kappa shape index (κ1) is 19.5. The van der Waals surface area contributed by atoms with Crippen LogP contribution in [0.15, 0.2) is 48.5 Å². The van der Waals surface area contributed by atoms with Crippen LogP contribution in [0.25, 0.3) is 0 Å². The number of methoxy groups -OCH3 is 2. The lowest BCUT2D eigenvalue weighted by Gasteiger charge is -2.30. The first-order chi connectivity index (χ1) is 13.5. The molecule has 3 rings (SSSR count). The second kappa shape index (κ2) is 8.65. The molecule has 2 aromatic rings. The van der Waals surface area contributed by atoms with Gasteiger partial charge in [-0.3, -0.25) is 19.6 Å². The molecule has 1 unspecified atom stereocenters. The number of hydrogen-bond acceptors (Lipinski definition) is 5. The Balaban J connectivity index is 1.61. The number of anilines is 1. The van der Waals surface area contributed by atoms with Crippen molar-refractivity contribution in [2.75, 3.05) is 32.8 Å². The van der Waals surface area contributed by atoms with Crippen LogP contribution in [-0.4, -0.2) is 44.6 Å². The summed E-state index contributed by atoms with van der Waals surface area (Å²) in [5.74, 6) is 0.743. The summed E-state index contributed by atoms with van der Waals surface area (Å²) < 4.78 is 10.5. The zero-order valence-corrected chi connectivity index (χ0v) is 16.3. The van der Waals surface area contributed by atoms with Crippen LogP contribution in [0, 0.1) is 5.92 Å². The van der Waals surface area contributed by atoms with Crippen molar-refractivity contribution in [1.29, 1.82) is 0 Å². The van der Waals surface area contributed by atoms with Crippen molar-refractivity contribution in [2.45, 2.75) is 13.0 Å². The predicted octanol–water partition coefficient (Wildman–Crippen LogP) is 2.22. The van der Waals surface area contributed by atoms with E-state index in [0.29, 0.717) is 24.6 Å². The lowest BCUT2D eigenvalue weighted by Crippen LogP contribution is -2.42. The number of rotatable bonds is 7. The van der Waals surface area contributed by atoms with Crippen LogP contribution in [-0.2, 0) is 16.1 Å². The summed E-state index contributed by atoms with van der Waals surface area (Å²) in [6, 6.07) is 15.1. The standard InChI is InChI=1S/C21H25N3O4/c1-23(17-7-5-4-6-8-17)24-14-16(11-20(24)25)21(26)22-13-15-9-10-18(27-2)12-19(15)28-3/h4-10,12,16H,11,13-14H2,1-3H3,(H,22,26). The Hall–Kier alpha value is -3.22. The minimum Gasteiger partial charge on any atom is -0.497 e. The highest BCUT2D eigenvalue weighted by Crippen LogP contribution is 2.26. The molecule has 1 N–H and O–H groups in total. The van der Waals surface area contributed by atoms with Gasteiger partial charge in [0.2, 0.25) is 11.8 Å². The first-order valence-corrected chi connectivity index (χ1v) is 9.11. The molecule has 1 aliphatic heterocycles. The molecule has 0 spiro atoms. The minimum atomic E-state index is -0.386. The molecule has 0 aliphatic carbocycles. The monoisotopic (exact) mass is 383 g/mol. The van der Waals surface area contributed by atoms with E-state index in [2.05, 4.69) is 5.32 Å². The fraction of sp³-hybridized carbons (Fsp3) is 0.333. The highest BCUT2D eigenvalue weighted by atomic mass is 16.5. The molecule has 7 heteroatoms. The number of hydrazine groups is 1. The maximum Gasteiger partial charge on any atom is 0.241 e. The number of amides is 2. The average molecular weight is 383 g/mol. The van der Waals surface area contributed by atoms with Gasteiger partial charge in [0.15, 0.2) is 0 Å². The number of carbonyl (C=O) groups is 2. The Kier molecular flexibility index (Phi) is 6.03. The molecule has 148 valence electrons. The van der Waals surface area contributed by atoms with E-state index in [1.807, 2.05) is 49.5 Å². The summed E-state index contributed by atoms with van der Waals surface area (Å²) >= 11 is 0. The van der Waals surface area contributed by atoms with E-state index in [9.17, 15) is 9.59 Å². The molecular weight excluding hydrogens is 358 g/mol. The van der Waals surface area contributed by atoms with Crippen LogP contribution in [0.2, 0.25) is 0 Å². The van der Waals surface area contributed by atoms with Gasteiger partial charge >= 0.3 is 0 Å². The van der Waals surface area contributed by atoms with Gasteiger partial charge in [-0.2, -0.15) is 0 Å². The molecule has 1 aliphatic rings. The van der Waals surface area contributed by atoms with Crippen LogP contribution in [0.1, 0.15) is 12.0 Å². The van der Waals surface area contributed by atoms with E-state index in [1.54, 1.807) is 30.3 Å². The Morgan fingerprint density at radius 2 is 1.93 bits per heavy atom. The zero-order valence-electron chi connectivity index (χ0n) is 16.3. The molecule has 1 saturated heterocycles. The number of benzene rings is 2. The topological polar surface area (TPSA) is 71.1 Å². The number of hydrogen-bond donors (Lipinski definition) is 1. The van der Waals surface area contributed by atoms with E-state index in [4.69, 9.17) is 9.47 Å². The third kappa shape index (κ3) is 4.19. The molecule has 0 bridgehead atoms. The van der Waals surface area contributed by atoms with Crippen LogP contribution in [0.4, 0.5) is 5.69 Å². The van der Waals surface area contributed by atoms with Gasteiger partial charge in [-0.1, -0.05) is 18.2 Å². The predicted molar refractivity (Wildman–Crippen MR) is 106 cm³/mol. The molecule has 0 aromatic heterocycles. The number of nitrogens with zero attached hydrogens (tertiary/aromatic N) is 2.